The topological polar surface area (TPSA) is 44.8 Å². The number of benzene rings is 1. The number of piperazine rings is 1. The molecule has 3 rings (SSSR count). The SMILES string of the molecule is CCCSN1CCN(C2(CNC(=O)c3ccccc3OC)CCC(F)(F)CC2)CC1. The molecule has 30 heavy (non-hydrogen) atoms. The smallest absolute Gasteiger partial charge is 0.255 e. The molecule has 0 aromatic heterocycles. The van der Waals surface area contributed by atoms with Gasteiger partial charge in [0.15, 0.2) is 0 Å². The summed E-state index contributed by atoms with van der Waals surface area (Å²) in [6, 6.07) is 7.08. The quantitative estimate of drug-likeness (QED) is 0.617. The summed E-state index contributed by atoms with van der Waals surface area (Å²) in [7, 11) is 1.53. The maximum absolute atomic E-state index is 13.9. The van der Waals surface area contributed by atoms with Crippen LogP contribution in [0.4, 0.5) is 8.78 Å². The van der Waals surface area contributed by atoms with E-state index in [0.29, 0.717) is 30.7 Å². The van der Waals surface area contributed by atoms with Crippen LogP contribution in [0.15, 0.2) is 24.3 Å². The van der Waals surface area contributed by atoms with Crippen molar-refractivity contribution in [1.29, 1.82) is 0 Å². The van der Waals surface area contributed by atoms with Gasteiger partial charge in [0.25, 0.3) is 5.91 Å². The summed E-state index contributed by atoms with van der Waals surface area (Å²) in [6.07, 6.45) is 1.69. The van der Waals surface area contributed by atoms with Crippen LogP contribution in [0.5, 0.6) is 5.75 Å². The lowest BCUT2D eigenvalue weighted by atomic mass is 9.78. The minimum absolute atomic E-state index is 0.123. The number of nitrogens with one attached hydrogen (secondary N) is 1. The molecule has 1 amide bonds. The summed E-state index contributed by atoms with van der Waals surface area (Å²) < 4.78 is 35.6. The van der Waals surface area contributed by atoms with Crippen LogP contribution < -0.4 is 10.1 Å². The molecule has 1 aliphatic heterocycles. The zero-order valence-electron chi connectivity index (χ0n) is 18.0. The number of amides is 1. The number of rotatable bonds is 8. The second-order valence-electron chi connectivity index (χ2n) is 8.21. The Morgan fingerprint density at radius 3 is 2.43 bits per heavy atom. The number of ether oxygens (including phenoxy) is 1. The third kappa shape index (κ3) is 5.65. The first-order chi connectivity index (χ1) is 14.4. The molecule has 168 valence electrons. The van der Waals surface area contributed by atoms with E-state index in [1.807, 2.05) is 18.0 Å². The Bertz CT molecular complexity index is 701. The molecule has 1 aliphatic carbocycles. The van der Waals surface area contributed by atoms with E-state index in [9.17, 15) is 13.6 Å². The number of methoxy groups -OCH3 is 1. The zero-order chi connectivity index (χ0) is 21.6. The summed E-state index contributed by atoms with van der Waals surface area (Å²) in [5, 5.41) is 3.03. The number of hydrogen-bond acceptors (Lipinski definition) is 5. The molecular formula is C22H33F2N3O2S. The summed E-state index contributed by atoms with van der Waals surface area (Å²) >= 11 is 1.87. The third-order valence-corrected chi connectivity index (χ3v) is 7.55. The van der Waals surface area contributed by atoms with E-state index in [1.54, 1.807) is 18.2 Å². The highest BCUT2D eigenvalue weighted by atomic mass is 32.2. The maximum atomic E-state index is 13.9. The maximum Gasteiger partial charge on any atom is 0.255 e. The number of carbonyl (C=O) groups excluding carboxylic acids is 1. The number of alkyl halides is 2. The molecule has 1 heterocycles. The highest BCUT2D eigenvalue weighted by Crippen LogP contribution is 2.42. The molecule has 0 atom stereocenters. The molecule has 1 N–H and O–H groups in total. The van der Waals surface area contributed by atoms with Crippen LogP contribution in [0.3, 0.4) is 0 Å². The molecule has 2 aliphatic rings. The Hall–Kier alpha value is -1.38. The van der Waals surface area contributed by atoms with Crippen molar-refractivity contribution in [3.63, 3.8) is 0 Å². The molecule has 1 aromatic rings. The van der Waals surface area contributed by atoms with Crippen LogP contribution in [0.2, 0.25) is 0 Å². The van der Waals surface area contributed by atoms with E-state index in [4.69, 9.17) is 4.74 Å². The second kappa shape index (κ2) is 10.3. The monoisotopic (exact) mass is 441 g/mol. The Balaban J connectivity index is 1.68. The fourth-order valence-corrected chi connectivity index (χ4v) is 5.23. The van der Waals surface area contributed by atoms with Gasteiger partial charge in [-0.15, -0.1) is 0 Å². The molecule has 5 nitrogen and oxygen atoms in total. The summed E-state index contributed by atoms with van der Waals surface area (Å²) in [4.78, 5) is 15.2. The van der Waals surface area contributed by atoms with Crippen LogP contribution in [0.1, 0.15) is 49.4 Å². The van der Waals surface area contributed by atoms with Gasteiger partial charge in [-0.25, -0.2) is 13.1 Å². The minimum atomic E-state index is -2.60. The van der Waals surface area contributed by atoms with E-state index in [2.05, 4.69) is 21.4 Å². The minimum Gasteiger partial charge on any atom is -0.496 e. The first kappa shape index (κ1) is 23.3. The Morgan fingerprint density at radius 2 is 1.80 bits per heavy atom. The van der Waals surface area contributed by atoms with Crippen molar-refractivity contribution in [3.8, 4) is 5.75 Å². The Morgan fingerprint density at radius 1 is 1.13 bits per heavy atom. The fourth-order valence-electron chi connectivity index (χ4n) is 4.37. The van der Waals surface area contributed by atoms with Gasteiger partial charge in [0.1, 0.15) is 5.75 Å². The van der Waals surface area contributed by atoms with Gasteiger partial charge in [-0.3, -0.25) is 9.69 Å². The van der Waals surface area contributed by atoms with Crippen LogP contribution in [-0.4, -0.2) is 72.2 Å². The molecule has 1 aromatic carbocycles. The van der Waals surface area contributed by atoms with Gasteiger partial charge in [0, 0.05) is 56.9 Å². The van der Waals surface area contributed by atoms with Gasteiger partial charge in [-0.1, -0.05) is 31.0 Å². The van der Waals surface area contributed by atoms with E-state index >= 15 is 0 Å². The van der Waals surface area contributed by atoms with Crippen molar-refractivity contribution in [2.45, 2.75) is 50.5 Å². The van der Waals surface area contributed by atoms with Gasteiger partial charge >= 0.3 is 0 Å². The molecule has 0 radical (unpaired) electrons. The molecule has 0 unspecified atom stereocenters. The van der Waals surface area contributed by atoms with E-state index < -0.39 is 11.5 Å². The van der Waals surface area contributed by atoms with Crippen LogP contribution in [0.25, 0.3) is 0 Å². The first-order valence-corrected chi connectivity index (χ1v) is 11.8. The van der Waals surface area contributed by atoms with E-state index in [1.165, 1.54) is 7.11 Å². The van der Waals surface area contributed by atoms with E-state index in [0.717, 1.165) is 38.4 Å². The van der Waals surface area contributed by atoms with Crippen LogP contribution >= 0.6 is 11.9 Å². The largest absolute Gasteiger partial charge is 0.496 e. The van der Waals surface area contributed by atoms with Gasteiger partial charge in [-0.2, -0.15) is 0 Å². The predicted molar refractivity (Wildman–Crippen MR) is 117 cm³/mol. The molecular weight excluding hydrogens is 408 g/mol. The molecule has 1 saturated carbocycles. The number of hydrogen-bond donors (Lipinski definition) is 1. The average molecular weight is 442 g/mol. The fraction of sp³-hybridized carbons (Fsp3) is 0.682. The van der Waals surface area contributed by atoms with Gasteiger partial charge in [0.2, 0.25) is 5.92 Å². The normalized spacial score (nSPS) is 21.9. The lowest BCUT2D eigenvalue weighted by Gasteiger charge is -2.50. The first-order valence-electron chi connectivity index (χ1n) is 10.8. The molecule has 0 spiro atoms. The zero-order valence-corrected chi connectivity index (χ0v) is 18.8. The number of nitrogens with zero attached hydrogens (tertiary/aromatic N) is 2. The third-order valence-electron chi connectivity index (χ3n) is 6.23. The highest BCUT2D eigenvalue weighted by molar-refractivity contribution is 7.97. The number of para-hydroxylation sites is 1. The molecule has 0 bridgehead atoms. The summed E-state index contributed by atoms with van der Waals surface area (Å²) in [5.74, 6) is -1.21. The van der Waals surface area contributed by atoms with Crippen molar-refractivity contribution in [3.05, 3.63) is 29.8 Å². The van der Waals surface area contributed by atoms with Crippen molar-refractivity contribution >= 4 is 17.9 Å². The lowest BCUT2D eigenvalue weighted by Crippen LogP contribution is -2.62. The average Bonchev–Trinajstić information content (AvgIpc) is 2.77. The van der Waals surface area contributed by atoms with Crippen molar-refractivity contribution in [2.75, 3.05) is 45.6 Å². The number of carbonyl (C=O) groups is 1. The van der Waals surface area contributed by atoms with Gasteiger partial charge in [-0.05, 0) is 31.4 Å². The van der Waals surface area contributed by atoms with Crippen molar-refractivity contribution in [2.24, 2.45) is 0 Å². The van der Waals surface area contributed by atoms with Gasteiger partial charge in [0.05, 0.1) is 12.7 Å². The van der Waals surface area contributed by atoms with E-state index in [-0.39, 0.29) is 18.7 Å². The lowest BCUT2D eigenvalue weighted by molar-refractivity contribution is -0.0854. The number of halogens is 2. The molecule has 1 saturated heterocycles. The second-order valence-corrected chi connectivity index (χ2v) is 9.40. The van der Waals surface area contributed by atoms with Crippen molar-refractivity contribution in [1.82, 2.24) is 14.5 Å². The summed E-state index contributed by atoms with van der Waals surface area (Å²) in [5.41, 5.74) is 0.0537. The van der Waals surface area contributed by atoms with Gasteiger partial charge < -0.3 is 10.1 Å². The molecule has 8 heteroatoms. The molecule has 2 fully saturated rings. The van der Waals surface area contributed by atoms with Crippen molar-refractivity contribution < 1.29 is 18.3 Å². The predicted octanol–water partition coefficient (Wildman–Crippen LogP) is 4.05. The highest BCUT2D eigenvalue weighted by Gasteiger charge is 2.47. The van der Waals surface area contributed by atoms with Crippen LogP contribution in [-0.2, 0) is 0 Å². The Labute approximate surface area is 182 Å². The van der Waals surface area contributed by atoms with Crippen LogP contribution in [0, 0.1) is 0 Å². The summed E-state index contributed by atoms with van der Waals surface area (Å²) in [6.45, 7) is 6.07. The Kier molecular flexibility index (Phi) is 7.98. The standard InChI is InChI=1S/C22H33F2N3O2S/c1-3-16-30-27-14-12-26(13-15-27)21(8-10-22(23,24)11-9-21)17-25-20(28)18-6-4-5-7-19(18)29-2/h4-7H,3,8-17H2,1-2H3,(H,25,28).